The molecule has 3 N–H and O–H groups in total. The van der Waals surface area contributed by atoms with E-state index in [2.05, 4.69) is 22.0 Å². The number of nitrogens with zero attached hydrogens (tertiary/aromatic N) is 2. The Bertz CT molecular complexity index is 288. The van der Waals surface area contributed by atoms with Crippen molar-refractivity contribution < 1.29 is 4.79 Å². The van der Waals surface area contributed by atoms with Gasteiger partial charge in [0.25, 0.3) is 0 Å². The van der Waals surface area contributed by atoms with Crippen molar-refractivity contribution in [2.75, 3.05) is 32.7 Å². The molecule has 2 unspecified atom stereocenters. The topological polar surface area (TPSA) is 61.6 Å². The molecule has 2 atom stereocenters. The van der Waals surface area contributed by atoms with E-state index in [0.29, 0.717) is 6.04 Å². The summed E-state index contributed by atoms with van der Waals surface area (Å²) in [7, 11) is 0. The summed E-state index contributed by atoms with van der Waals surface area (Å²) in [5, 5.41) is 2.99. The molecule has 1 heterocycles. The van der Waals surface area contributed by atoms with E-state index in [1.807, 2.05) is 20.8 Å². The predicted molar refractivity (Wildman–Crippen MR) is 83.6 cm³/mol. The SMILES string of the molecule is CCC(CCN)N1CCN(C(C)C(=O)NC(C)C)CC1. The van der Waals surface area contributed by atoms with Gasteiger partial charge in [0.15, 0.2) is 0 Å². The highest BCUT2D eigenvalue weighted by Crippen LogP contribution is 2.13. The summed E-state index contributed by atoms with van der Waals surface area (Å²) >= 11 is 0. The lowest BCUT2D eigenvalue weighted by atomic mass is 10.1. The van der Waals surface area contributed by atoms with Gasteiger partial charge in [-0.15, -0.1) is 0 Å². The van der Waals surface area contributed by atoms with E-state index >= 15 is 0 Å². The van der Waals surface area contributed by atoms with Gasteiger partial charge in [-0.05, 0) is 40.2 Å². The van der Waals surface area contributed by atoms with Gasteiger partial charge in [0, 0.05) is 38.3 Å². The Balaban J connectivity index is 2.43. The van der Waals surface area contributed by atoms with Gasteiger partial charge in [-0.3, -0.25) is 14.6 Å². The number of nitrogens with two attached hydrogens (primary N) is 1. The minimum atomic E-state index is -0.0332. The maximum absolute atomic E-state index is 12.0. The van der Waals surface area contributed by atoms with Crippen molar-refractivity contribution in [2.24, 2.45) is 5.73 Å². The normalized spacial score (nSPS) is 20.9. The second-order valence-electron chi connectivity index (χ2n) is 6.05. The number of carbonyl (C=O) groups excluding carboxylic acids is 1. The number of hydrogen-bond acceptors (Lipinski definition) is 4. The maximum Gasteiger partial charge on any atom is 0.237 e. The summed E-state index contributed by atoms with van der Waals surface area (Å²) in [6.45, 7) is 13.0. The van der Waals surface area contributed by atoms with E-state index in [1.54, 1.807) is 0 Å². The first-order chi connectivity index (χ1) is 9.49. The van der Waals surface area contributed by atoms with Crippen LogP contribution in [0.4, 0.5) is 0 Å². The highest BCUT2D eigenvalue weighted by atomic mass is 16.2. The van der Waals surface area contributed by atoms with Crippen molar-refractivity contribution in [3.8, 4) is 0 Å². The van der Waals surface area contributed by atoms with Crippen LogP contribution in [0.2, 0.25) is 0 Å². The Morgan fingerprint density at radius 3 is 2.15 bits per heavy atom. The molecule has 118 valence electrons. The van der Waals surface area contributed by atoms with Crippen LogP contribution in [0.1, 0.15) is 40.5 Å². The molecule has 5 heteroatoms. The second kappa shape index (κ2) is 8.60. The van der Waals surface area contributed by atoms with Crippen molar-refractivity contribution in [3.05, 3.63) is 0 Å². The van der Waals surface area contributed by atoms with E-state index in [-0.39, 0.29) is 18.0 Å². The van der Waals surface area contributed by atoms with Crippen LogP contribution in [-0.2, 0) is 4.79 Å². The van der Waals surface area contributed by atoms with Gasteiger partial charge in [-0.1, -0.05) is 6.92 Å². The molecule has 1 aliphatic heterocycles. The standard InChI is InChI=1S/C15H32N4O/c1-5-14(6-7-16)19-10-8-18(9-11-19)13(4)15(20)17-12(2)3/h12-14H,5-11,16H2,1-4H3,(H,17,20). The molecule has 5 nitrogen and oxygen atoms in total. The average Bonchev–Trinajstić information content (AvgIpc) is 2.43. The predicted octanol–water partition coefficient (Wildman–Crippen LogP) is 0.645. The van der Waals surface area contributed by atoms with Crippen LogP contribution in [0.5, 0.6) is 0 Å². The van der Waals surface area contributed by atoms with Gasteiger partial charge in [0.2, 0.25) is 5.91 Å². The van der Waals surface area contributed by atoms with E-state index in [0.717, 1.165) is 45.6 Å². The molecule has 1 saturated heterocycles. The molecule has 1 aliphatic rings. The second-order valence-corrected chi connectivity index (χ2v) is 6.05. The molecule has 0 bridgehead atoms. The molecular formula is C15H32N4O. The fraction of sp³-hybridized carbons (Fsp3) is 0.933. The first-order valence-corrected chi connectivity index (χ1v) is 7.98. The summed E-state index contributed by atoms with van der Waals surface area (Å²) in [5.74, 6) is 0.141. The molecule has 0 aliphatic carbocycles. The number of amides is 1. The zero-order chi connectivity index (χ0) is 15.1. The number of carbonyl (C=O) groups is 1. The Morgan fingerprint density at radius 2 is 1.70 bits per heavy atom. The van der Waals surface area contributed by atoms with Crippen molar-refractivity contribution in [2.45, 2.75) is 58.7 Å². The molecule has 0 radical (unpaired) electrons. The smallest absolute Gasteiger partial charge is 0.237 e. The summed E-state index contributed by atoms with van der Waals surface area (Å²) in [6, 6.07) is 0.774. The Labute approximate surface area is 123 Å². The zero-order valence-corrected chi connectivity index (χ0v) is 13.6. The summed E-state index contributed by atoms with van der Waals surface area (Å²) < 4.78 is 0. The summed E-state index contributed by atoms with van der Waals surface area (Å²) in [5.41, 5.74) is 5.68. The maximum atomic E-state index is 12.0. The first-order valence-electron chi connectivity index (χ1n) is 7.98. The van der Waals surface area contributed by atoms with Gasteiger partial charge in [0.1, 0.15) is 0 Å². The minimum Gasteiger partial charge on any atom is -0.353 e. The summed E-state index contributed by atoms with van der Waals surface area (Å²) in [6.07, 6.45) is 2.22. The Morgan fingerprint density at radius 1 is 1.15 bits per heavy atom. The van der Waals surface area contributed by atoms with Crippen molar-refractivity contribution >= 4 is 5.91 Å². The molecule has 0 aromatic heterocycles. The van der Waals surface area contributed by atoms with Gasteiger partial charge in [-0.2, -0.15) is 0 Å². The van der Waals surface area contributed by atoms with E-state index in [4.69, 9.17) is 5.73 Å². The fourth-order valence-corrected chi connectivity index (χ4v) is 2.90. The van der Waals surface area contributed by atoms with Crippen LogP contribution >= 0.6 is 0 Å². The number of rotatable bonds is 7. The molecule has 0 spiro atoms. The Kier molecular flexibility index (Phi) is 7.48. The van der Waals surface area contributed by atoms with Crippen LogP contribution in [0.3, 0.4) is 0 Å². The lowest BCUT2D eigenvalue weighted by molar-refractivity contribution is -0.127. The third-order valence-electron chi connectivity index (χ3n) is 4.19. The number of piperazine rings is 1. The Hall–Kier alpha value is -0.650. The van der Waals surface area contributed by atoms with Crippen LogP contribution < -0.4 is 11.1 Å². The van der Waals surface area contributed by atoms with E-state index < -0.39 is 0 Å². The number of hydrogen-bond donors (Lipinski definition) is 2. The van der Waals surface area contributed by atoms with Crippen LogP contribution in [-0.4, -0.2) is 66.6 Å². The fourth-order valence-electron chi connectivity index (χ4n) is 2.90. The quantitative estimate of drug-likeness (QED) is 0.720. The third kappa shape index (κ3) is 5.04. The average molecular weight is 284 g/mol. The molecule has 0 aromatic carbocycles. The molecule has 0 aromatic rings. The van der Waals surface area contributed by atoms with E-state index in [9.17, 15) is 4.79 Å². The molecule has 1 amide bonds. The monoisotopic (exact) mass is 284 g/mol. The molecular weight excluding hydrogens is 252 g/mol. The first kappa shape index (κ1) is 17.4. The van der Waals surface area contributed by atoms with Crippen LogP contribution in [0.15, 0.2) is 0 Å². The van der Waals surface area contributed by atoms with Crippen molar-refractivity contribution in [1.29, 1.82) is 0 Å². The molecule has 1 rings (SSSR count). The van der Waals surface area contributed by atoms with Crippen LogP contribution in [0.25, 0.3) is 0 Å². The van der Waals surface area contributed by atoms with Gasteiger partial charge in [0.05, 0.1) is 6.04 Å². The van der Waals surface area contributed by atoms with Crippen LogP contribution in [0, 0.1) is 0 Å². The molecule has 1 fully saturated rings. The highest BCUT2D eigenvalue weighted by molar-refractivity contribution is 5.81. The zero-order valence-electron chi connectivity index (χ0n) is 13.6. The number of nitrogens with one attached hydrogen (secondary N) is 1. The van der Waals surface area contributed by atoms with Gasteiger partial charge < -0.3 is 11.1 Å². The minimum absolute atomic E-state index is 0.0332. The van der Waals surface area contributed by atoms with Crippen molar-refractivity contribution in [3.63, 3.8) is 0 Å². The lowest BCUT2D eigenvalue weighted by Gasteiger charge is -2.41. The van der Waals surface area contributed by atoms with Gasteiger partial charge >= 0.3 is 0 Å². The summed E-state index contributed by atoms with van der Waals surface area (Å²) in [4.78, 5) is 16.8. The lowest BCUT2D eigenvalue weighted by Crippen LogP contribution is -2.56. The highest BCUT2D eigenvalue weighted by Gasteiger charge is 2.27. The van der Waals surface area contributed by atoms with Gasteiger partial charge in [-0.25, -0.2) is 0 Å². The molecule has 20 heavy (non-hydrogen) atoms. The third-order valence-corrected chi connectivity index (χ3v) is 4.19. The van der Waals surface area contributed by atoms with Crippen molar-refractivity contribution in [1.82, 2.24) is 15.1 Å². The molecule has 0 saturated carbocycles. The largest absolute Gasteiger partial charge is 0.353 e. The van der Waals surface area contributed by atoms with E-state index in [1.165, 1.54) is 0 Å².